The first-order chi connectivity index (χ1) is 13.8. The maximum atomic E-state index is 12.8. The van der Waals surface area contributed by atoms with Gasteiger partial charge in [0, 0.05) is 6.42 Å². The van der Waals surface area contributed by atoms with Gasteiger partial charge in [0.2, 0.25) is 0 Å². The zero-order valence-corrected chi connectivity index (χ0v) is 17.8. The number of rotatable bonds is 6. The van der Waals surface area contributed by atoms with Crippen LogP contribution in [0.4, 0.5) is 0 Å². The van der Waals surface area contributed by atoms with Crippen molar-refractivity contribution in [2.24, 2.45) is 5.41 Å². The number of ether oxygens (including phenoxy) is 2. The lowest BCUT2D eigenvalue weighted by atomic mass is 9.69. The molecule has 1 aliphatic carbocycles. The standard InChI is InChI=1S/C23H26O5S/c1-15(2)6-4-7-16(3)12-20-23(14-21(25)28-20)13-17(9-10-19(23)24)27-22(26)18-8-5-11-29-18/h5-6,8-12,17,20H,4,7,13-14H2,1-3H3/b16-12+/t17-,20-,23+/m1/s1. The van der Waals surface area contributed by atoms with Crippen molar-refractivity contribution in [3.8, 4) is 0 Å². The van der Waals surface area contributed by atoms with Gasteiger partial charge in [0.25, 0.3) is 0 Å². The summed E-state index contributed by atoms with van der Waals surface area (Å²) in [5, 5.41) is 1.81. The Hall–Kier alpha value is -2.47. The molecule has 6 heteroatoms. The van der Waals surface area contributed by atoms with Gasteiger partial charge < -0.3 is 9.47 Å². The predicted octanol–water partition coefficient (Wildman–Crippen LogP) is 4.80. The summed E-state index contributed by atoms with van der Waals surface area (Å²) in [6.45, 7) is 6.09. The minimum atomic E-state index is -1.01. The number of hydrogen-bond acceptors (Lipinski definition) is 6. The van der Waals surface area contributed by atoms with Gasteiger partial charge in [-0.05, 0) is 63.3 Å². The molecular weight excluding hydrogens is 388 g/mol. The van der Waals surface area contributed by atoms with Crippen LogP contribution in [0, 0.1) is 5.41 Å². The Bertz CT molecular complexity index is 873. The van der Waals surface area contributed by atoms with Crippen LogP contribution in [0.25, 0.3) is 0 Å². The second kappa shape index (κ2) is 8.91. The largest absolute Gasteiger partial charge is 0.457 e. The van der Waals surface area contributed by atoms with Gasteiger partial charge in [-0.2, -0.15) is 0 Å². The first-order valence-corrected chi connectivity index (χ1v) is 10.7. The molecule has 1 spiro atoms. The van der Waals surface area contributed by atoms with Crippen molar-refractivity contribution in [1.82, 2.24) is 0 Å². The Morgan fingerprint density at radius 3 is 2.83 bits per heavy atom. The second-order valence-corrected chi connectivity index (χ2v) is 8.87. The SMILES string of the molecule is CC(C)=CCC/C(C)=C/[C@H]1OC(=O)C[C@]12C[C@H](OC(=O)c1cccs1)C=CC2=O. The minimum absolute atomic E-state index is 0.00560. The van der Waals surface area contributed by atoms with E-state index in [1.54, 1.807) is 23.6 Å². The van der Waals surface area contributed by atoms with Crippen LogP contribution in [-0.4, -0.2) is 29.9 Å². The molecule has 1 saturated heterocycles. The van der Waals surface area contributed by atoms with Gasteiger partial charge in [-0.3, -0.25) is 9.59 Å². The third-order valence-electron chi connectivity index (χ3n) is 5.29. The summed E-state index contributed by atoms with van der Waals surface area (Å²) in [6.07, 6.45) is 7.84. The molecule has 0 radical (unpaired) electrons. The average molecular weight is 415 g/mol. The normalized spacial score (nSPS) is 26.5. The molecule has 5 nitrogen and oxygen atoms in total. The lowest BCUT2D eigenvalue weighted by Crippen LogP contribution is -2.43. The van der Waals surface area contributed by atoms with E-state index >= 15 is 0 Å². The van der Waals surface area contributed by atoms with E-state index in [0.717, 1.165) is 18.4 Å². The summed E-state index contributed by atoms with van der Waals surface area (Å²) in [5.74, 6) is -0.963. The number of esters is 2. The quantitative estimate of drug-likeness (QED) is 0.494. The van der Waals surface area contributed by atoms with Crippen LogP contribution in [0.3, 0.4) is 0 Å². The summed E-state index contributed by atoms with van der Waals surface area (Å²) in [4.78, 5) is 37.8. The van der Waals surface area contributed by atoms with Crippen LogP contribution in [0.1, 0.15) is 56.1 Å². The fourth-order valence-corrected chi connectivity index (χ4v) is 4.36. The first kappa shape index (κ1) is 21.2. The van der Waals surface area contributed by atoms with E-state index < -0.39 is 29.6 Å². The number of thiophene rings is 1. The third-order valence-corrected chi connectivity index (χ3v) is 6.14. The van der Waals surface area contributed by atoms with Crippen molar-refractivity contribution < 1.29 is 23.9 Å². The number of ketones is 1. The molecule has 29 heavy (non-hydrogen) atoms. The molecule has 0 aromatic carbocycles. The van der Waals surface area contributed by atoms with Gasteiger partial charge in [-0.25, -0.2) is 4.79 Å². The summed E-state index contributed by atoms with van der Waals surface area (Å²) < 4.78 is 11.1. The number of carbonyl (C=O) groups is 3. The van der Waals surface area contributed by atoms with E-state index in [9.17, 15) is 14.4 Å². The zero-order chi connectivity index (χ0) is 21.0. The van der Waals surface area contributed by atoms with Crippen molar-refractivity contribution in [2.75, 3.05) is 0 Å². The molecule has 3 rings (SSSR count). The van der Waals surface area contributed by atoms with Crippen LogP contribution in [0.2, 0.25) is 0 Å². The Balaban J connectivity index is 1.76. The second-order valence-electron chi connectivity index (χ2n) is 7.93. The molecular formula is C23H26O5S. The molecule has 2 aliphatic rings. The summed E-state index contributed by atoms with van der Waals surface area (Å²) in [5.41, 5.74) is 1.31. The highest BCUT2D eigenvalue weighted by Crippen LogP contribution is 2.45. The van der Waals surface area contributed by atoms with Crippen LogP contribution >= 0.6 is 11.3 Å². The number of carbonyl (C=O) groups excluding carboxylic acids is 3. The number of cyclic esters (lactones) is 1. The maximum absolute atomic E-state index is 12.8. The van der Waals surface area contributed by atoms with Gasteiger partial charge in [-0.1, -0.05) is 23.3 Å². The molecule has 1 aromatic heterocycles. The Morgan fingerprint density at radius 1 is 1.34 bits per heavy atom. The number of allylic oxidation sites excluding steroid dienone is 4. The fourth-order valence-electron chi connectivity index (χ4n) is 3.75. The molecule has 2 heterocycles. The molecule has 1 aromatic rings. The molecule has 0 bridgehead atoms. The molecule has 1 aliphatic heterocycles. The van der Waals surface area contributed by atoms with Gasteiger partial charge in [0.1, 0.15) is 17.1 Å². The Kier molecular flexibility index (Phi) is 6.52. The zero-order valence-electron chi connectivity index (χ0n) is 17.0. The van der Waals surface area contributed by atoms with Crippen molar-refractivity contribution in [3.63, 3.8) is 0 Å². The maximum Gasteiger partial charge on any atom is 0.348 e. The highest BCUT2D eigenvalue weighted by atomic mass is 32.1. The van der Waals surface area contributed by atoms with Crippen molar-refractivity contribution in [2.45, 2.75) is 58.7 Å². The highest BCUT2D eigenvalue weighted by Gasteiger charge is 2.55. The Morgan fingerprint density at radius 2 is 2.14 bits per heavy atom. The molecule has 0 amide bonds. The monoisotopic (exact) mass is 414 g/mol. The molecule has 0 unspecified atom stereocenters. The molecule has 0 N–H and O–H groups in total. The number of hydrogen-bond donors (Lipinski definition) is 0. The average Bonchev–Trinajstić information content (AvgIpc) is 3.27. The molecule has 154 valence electrons. The van der Waals surface area contributed by atoms with Gasteiger partial charge in [0.15, 0.2) is 5.78 Å². The fraction of sp³-hybridized carbons (Fsp3) is 0.435. The minimum Gasteiger partial charge on any atom is -0.457 e. The smallest absolute Gasteiger partial charge is 0.348 e. The first-order valence-electron chi connectivity index (χ1n) is 9.77. The van der Waals surface area contributed by atoms with E-state index in [2.05, 4.69) is 19.9 Å². The summed E-state index contributed by atoms with van der Waals surface area (Å²) >= 11 is 1.30. The van der Waals surface area contributed by atoms with E-state index in [0.29, 0.717) is 4.88 Å². The Labute approximate surface area is 175 Å². The van der Waals surface area contributed by atoms with Crippen LogP contribution < -0.4 is 0 Å². The van der Waals surface area contributed by atoms with E-state index in [1.807, 2.05) is 13.0 Å². The lowest BCUT2D eigenvalue weighted by molar-refractivity contribution is -0.140. The molecule has 3 atom stereocenters. The van der Waals surface area contributed by atoms with E-state index in [1.165, 1.54) is 23.0 Å². The third kappa shape index (κ3) is 4.93. The summed E-state index contributed by atoms with van der Waals surface area (Å²) in [6, 6.07) is 3.48. The topological polar surface area (TPSA) is 69.7 Å². The van der Waals surface area contributed by atoms with Crippen LogP contribution in [0.5, 0.6) is 0 Å². The molecule has 0 saturated carbocycles. The van der Waals surface area contributed by atoms with E-state index in [-0.39, 0.29) is 18.6 Å². The van der Waals surface area contributed by atoms with Gasteiger partial charge in [0.05, 0.1) is 11.8 Å². The molecule has 1 fully saturated rings. The van der Waals surface area contributed by atoms with Gasteiger partial charge in [-0.15, -0.1) is 11.3 Å². The summed E-state index contributed by atoms with van der Waals surface area (Å²) in [7, 11) is 0. The predicted molar refractivity (Wildman–Crippen MR) is 112 cm³/mol. The lowest BCUT2D eigenvalue weighted by Gasteiger charge is -2.34. The van der Waals surface area contributed by atoms with Crippen molar-refractivity contribution in [3.05, 3.63) is 57.8 Å². The van der Waals surface area contributed by atoms with Crippen LogP contribution in [-0.2, 0) is 19.1 Å². The van der Waals surface area contributed by atoms with Crippen molar-refractivity contribution >= 4 is 29.1 Å². The van der Waals surface area contributed by atoms with Crippen LogP contribution in [0.15, 0.2) is 53.0 Å². The van der Waals surface area contributed by atoms with E-state index in [4.69, 9.17) is 9.47 Å². The highest BCUT2D eigenvalue weighted by molar-refractivity contribution is 7.11. The van der Waals surface area contributed by atoms with Gasteiger partial charge >= 0.3 is 11.9 Å². The van der Waals surface area contributed by atoms with Crippen molar-refractivity contribution in [1.29, 1.82) is 0 Å².